The number of nitrogens with one attached hydrogen (secondary N) is 1. The Kier molecular flexibility index (Phi) is 4.49. The summed E-state index contributed by atoms with van der Waals surface area (Å²) in [6.07, 6.45) is 0.733. The molecule has 1 heterocycles. The number of carbonyl (C=O) groups is 1. The molecule has 2 aromatic carbocycles. The van der Waals surface area contributed by atoms with Gasteiger partial charge in [-0.25, -0.2) is 0 Å². The van der Waals surface area contributed by atoms with E-state index in [9.17, 15) is 4.79 Å². The van der Waals surface area contributed by atoms with Crippen LogP contribution in [0.25, 0.3) is 0 Å². The highest BCUT2D eigenvalue weighted by molar-refractivity contribution is 6.30. The van der Waals surface area contributed by atoms with Crippen molar-refractivity contribution in [1.29, 1.82) is 0 Å². The SMILES string of the molecule is O=C(NCCc1cccc(Cl)c1)c1ccc2c(c1)OCCO2. The minimum atomic E-state index is -0.126. The minimum Gasteiger partial charge on any atom is -0.486 e. The highest BCUT2D eigenvalue weighted by atomic mass is 35.5. The molecular formula is C17H16ClNO3. The van der Waals surface area contributed by atoms with E-state index in [2.05, 4.69) is 5.32 Å². The maximum atomic E-state index is 12.2. The van der Waals surface area contributed by atoms with Crippen molar-refractivity contribution in [2.24, 2.45) is 0 Å². The van der Waals surface area contributed by atoms with E-state index in [1.165, 1.54) is 0 Å². The van der Waals surface area contributed by atoms with Gasteiger partial charge in [-0.3, -0.25) is 4.79 Å². The van der Waals surface area contributed by atoms with Gasteiger partial charge >= 0.3 is 0 Å². The summed E-state index contributed by atoms with van der Waals surface area (Å²) in [5, 5.41) is 3.60. The zero-order chi connectivity index (χ0) is 15.4. The van der Waals surface area contributed by atoms with Gasteiger partial charge < -0.3 is 14.8 Å². The molecule has 0 saturated heterocycles. The molecule has 1 aliphatic heterocycles. The van der Waals surface area contributed by atoms with Crippen LogP contribution in [0.4, 0.5) is 0 Å². The number of ether oxygens (including phenoxy) is 2. The first-order valence-corrected chi connectivity index (χ1v) is 7.52. The molecule has 0 unspecified atom stereocenters. The van der Waals surface area contributed by atoms with Gasteiger partial charge in [0, 0.05) is 17.1 Å². The van der Waals surface area contributed by atoms with Crippen LogP contribution in [0.15, 0.2) is 42.5 Å². The monoisotopic (exact) mass is 317 g/mol. The first-order valence-electron chi connectivity index (χ1n) is 7.15. The number of fused-ring (bicyclic) bond motifs is 1. The average Bonchev–Trinajstić information content (AvgIpc) is 2.54. The molecule has 5 heteroatoms. The molecule has 22 heavy (non-hydrogen) atoms. The maximum absolute atomic E-state index is 12.2. The predicted octanol–water partition coefficient (Wildman–Crippen LogP) is 3.08. The molecule has 0 saturated carbocycles. The lowest BCUT2D eigenvalue weighted by Crippen LogP contribution is -2.26. The zero-order valence-corrected chi connectivity index (χ0v) is 12.7. The Balaban J connectivity index is 1.58. The Morgan fingerprint density at radius 2 is 1.91 bits per heavy atom. The van der Waals surface area contributed by atoms with Crippen molar-refractivity contribution < 1.29 is 14.3 Å². The van der Waals surface area contributed by atoms with Crippen molar-refractivity contribution in [2.75, 3.05) is 19.8 Å². The van der Waals surface area contributed by atoms with Gasteiger partial charge in [-0.2, -0.15) is 0 Å². The fourth-order valence-corrected chi connectivity index (χ4v) is 2.51. The summed E-state index contributed by atoms with van der Waals surface area (Å²) < 4.78 is 10.9. The summed E-state index contributed by atoms with van der Waals surface area (Å²) >= 11 is 5.94. The summed E-state index contributed by atoms with van der Waals surface area (Å²) in [5.74, 6) is 1.18. The van der Waals surface area contributed by atoms with Gasteiger partial charge in [0.15, 0.2) is 11.5 Å². The summed E-state index contributed by atoms with van der Waals surface area (Å²) in [7, 11) is 0. The van der Waals surface area contributed by atoms with Gasteiger partial charge in [0.2, 0.25) is 0 Å². The largest absolute Gasteiger partial charge is 0.486 e. The number of hydrogen-bond donors (Lipinski definition) is 1. The van der Waals surface area contributed by atoms with Crippen LogP contribution in [0.3, 0.4) is 0 Å². The molecule has 1 N–H and O–H groups in total. The number of carbonyl (C=O) groups excluding carboxylic acids is 1. The highest BCUT2D eigenvalue weighted by Crippen LogP contribution is 2.30. The molecule has 0 aliphatic carbocycles. The molecule has 2 aromatic rings. The van der Waals surface area contributed by atoms with Crippen LogP contribution in [-0.4, -0.2) is 25.7 Å². The summed E-state index contributed by atoms with van der Waals surface area (Å²) in [6.45, 7) is 1.60. The Bertz CT molecular complexity index is 687. The van der Waals surface area contributed by atoms with E-state index in [0.717, 1.165) is 12.0 Å². The van der Waals surface area contributed by atoms with Crippen LogP contribution in [0, 0.1) is 0 Å². The second kappa shape index (κ2) is 6.71. The van der Waals surface area contributed by atoms with E-state index in [0.29, 0.717) is 41.8 Å². The van der Waals surface area contributed by atoms with Crippen molar-refractivity contribution in [2.45, 2.75) is 6.42 Å². The van der Waals surface area contributed by atoms with Crippen molar-refractivity contribution in [1.82, 2.24) is 5.32 Å². The number of rotatable bonds is 4. The first-order chi connectivity index (χ1) is 10.7. The van der Waals surface area contributed by atoms with Gasteiger partial charge in [-0.05, 0) is 42.3 Å². The molecule has 114 valence electrons. The van der Waals surface area contributed by atoms with Gasteiger partial charge in [0.05, 0.1) is 0 Å². The van der Waals surface area contributed by atoms with E-state index in [1.807, 2.05) is 24.3 Å². The third kappa shape index (κ3) is 3.52. The maximum Gasteiger partial charge on any atom is 0.251 e. The predicted molar refractivity (Wildman–Crippen MR) is 84.9 cm³/mol. The molecular weight excluding hydrogens is 302 g/mol. The van der Waals surface area contributed by atoms with E-state index >= 15 is 0 Å². The summed E-state index contributed by atoms with van der Waals surface area (Å²) in [5.41, 5.74) is 1.66. The lowest BCUT2D eigenvalue weighted by Gasteiger charge is -2.18. The molecule has 1 amide bonds. The average molecular weight is 318 g/mol. The number of amides is 1. The van der Waals surface area contributed by atoms with Gasteiger partial charge in [0.1, 0.15) is 13.2 Å². The molecule has 0 atom stereocenters. The Morgan fingerprint density at radius 1 is 1.09 bits per heavy atom. The van der Waals surface area contributed by atoms with E-state index in [-0.39, 0.29) is 5.91 Å². The van der Waals surface area contributed by atoms with Crippen molar-refractivity contribution in [3.63, 3.8) is 0 Å². The first kappa shape index (κ1) is 14.7. The second-order valence-corrected chi connectivity index (χ2v) is 5.43. The third-order valence-electron chi connectivity index (χ3n) is 3.39. The van der Waals surface area contributed by atoms with Crippen LogP contribution < -0.4 is 14.8 Å². The Labute approximate surface area is 134 Å². The lowest BCUT2D eigenvalue weighted by atomic mass is 10.1. The zero-order valence-electron chi connectivity index (χ0n) is 12.0. The van der Waals surface area contributed by atoms with Gasteiger partial charge in [-0.15, -0.1) is 0 Å². The Hall–Kier alpha value is -2.20. The molecule has 0 aromatic heterocycles. The fraction of sp³-hybridized carbons (Fsp3) is 0.235. The van der Waals surface area contributed by atoms with Crippen LogP contribution in [-0.2, 0) is 6.42 Å². The molecule has 0 radical (unpaired) electrons. The lowest BCUT2D eigenvalue weighted by molar-refractivity contribution is 0.0953. The van der Waals surface area contributed by atoms with Gasteiger partial charge in [0.25, 0.3) is 5.91 Å². The minimum absolute atomic E-state index is 0.126. The molecule has 1 aliphatic rings. The topological polar surface area (TPSA) is 47.6 Å². The quantitative estimate of drug-likeness (QED) is 0.942. The Morgan fingerprint density at radius 3 is 2.73 bits per heavy atom. The molecule has 4 nitrogen and oxygen atoms in total. The van der Waals surface area contributed by atoms with Crippen LogP contribution in [0.2, 0.25) is 5.02 Å². The standard InChI is InChI=1S/C17H16ClNO3/c18-14-3-1-2-12(10-14)6-7-19-17(20)13-4-5-15-16(11-13)22-9-8-21-15/h1-5,10-11H,6-9H2,(H,19,20). The van der Waals surface area contributed by atoms with E-state index < -0.39 is 0 Å². The second-order valence-electron chi connectivity index (χ2n) is 4.99. The summed E-state index contributed by atoms with van der Waals surface area (Å²) in [4.78, 5) is 12.2. The van der Waals surface area contributed by atoms with Crippen LogP contribution in [0.5, 0.6) is 11.5 Å². The van der Waals surface area contributed by atoms with Crippen LogP contribution >= 0.6 is 11.6 Å². The van der Waals surface area contributed by atoms with Gasteiger partial charge in [-0.1, -0.05) is 23.7 Å². The number of hydrogen-bond acceptors (Lipinski definition) is 3. The van der Waals surface area contributed by atoms with Crippen molar-refractivity contribution in [3.05, 3.63) is 58.6 Å². The summed E-state index contributed by atoms with van der Waals surface area (Å²) in [6, 6.07) is 12.8. The number of halogens is 1. The highest BCUT2D eigenvalue weighted by Gasteiger charge is 2.14. The molecule has 0 fully saturated rings. The third-order valence-corrected chi connectivity index (χ3v) is 3.63. The van der Waals surface area contributed by atoms with Crippen LogP contribution in [0.1, 0.15) is 15.9 Å². The van der Waals surface area contributed by atoms with E-state index in [4.69, 9.17) is 21.1 Å². The fourth-order valence-electron chi connectivity index (χ4n) is 2.30. The molecule has 0 bridgehead atoms. The smallest absolute Gasteiger partial charge is 0.251 e. The van der Waals surface area contributed by atoms with Crippen molar-refractivity contribution in [3.8, 4) is 11.5 Å². The molecule has 3 rings (SSSR count). The number of benzene rings is 2. The van der Waals surface area contributed by atoms with E-state index in [1.54, 1.807) is 18.2 Å². The normalized spacial score (nSPS) is 12.8. The van der Waals surface area contributed by atoms with Crippen molar-refractivity contribution >= 4 is 17.5 Å². The molecule has 0 spiro atoms.